The molecule has 0 fully saturated rings. The fourth-order valence-corrected chi connectivity index (χ4v) is 5.76. The largest absolute Gasteiger partial charge is 0.497 e. The second-order valence-corrected chi connectivity index (χ2v) is 10.0. The van der Waals surface area contributed by atoms with Gasteiger partial charge >= 0.3 is 0 Å². The predicted molar refractivity (Wildman–Crippen MR) is 157 cm³/mol. The van der Waals surface area contributed by atoms with Crippen molar-refractivity contribution in [3.8, 4) is 23.1 Å². The number of nitrogens with zero attached hydrogens (tertiary/aromatic N) is 4. The highest BCUT2D eigenvalue weighted by molar-refractivity contribution is 5.91. The molecule has 0 saturated carbocycles. The van der Waals surface area contributed by atoms with E-state index in [1.54, 1.807) is 18.0 Å². The molecule has 0 unspecified atom stereocenters. The summed E-state index contributed by atoms with van der Waals surface area (Å²) in [6.07, 6.45) is 1.66. The predicted octanol–water partition coefficient (Wildman–Crippen LogP) is 7.30. The van der Waals surface area contributed by atoms with Gasteiger partial charge in [-0.1, -0.05) is 84.9 Å². The number of ether oxygens (including phenoxy) is 3. The summed E-state index contributed by atoms with van der Waals surface area (Å²) >= 11 is 0. The molecule has 0 spiro atoms. The van der Waals surface area contributed by atoms with Gasteiger partial charge in [0.05, 0.1) is 12.7 Å². The van der Waals surface area contributed by atoms with Crippen LogP contribution in [0.5, 0.6) is 23.1 Å². The van der Waals surface area contributed by atoms with Crippen molar-refractivity contribution < 1.29 is 14.2 Å². The Hall–Kier alpha value is -5.43. The Morgan fingerprint density at radius 2 is 1.56 bits per heavy atom. The maximum atomic E-state index is 6.53. The lowest BCUT2D eigenvalue weighted by molar-refractivity contribution is 0.299. The van der Waals surface area contributed by atoms with E-state index >= 15 is 0 Å². The molecular formula is C34H24N4O3. The van der Waals surface area contributed by atoms with Gasteiger partial charge in [-0.3, -0.25) is 0 Å². The Morgan fingerprint density at radius 3 is 2.39 bits per heavy atom. The van der Waals surface area contributed by atoms with E-state index in [1.165, 1.54) is 0 Å². The lowest BCUT2D eigenvalue weighted by Gasteiger charge is -2.28. The second-order valence-electron chi connectivity index (χ2n) is 10.0. The van der Waals surface area contributed by atoms with Gasteiger partial charge in [0.1, 0.15) is 30.2 Å². The number of fused-ring (bicyclic) bond motifs is 7. The first-order valence-corrected chi connectivity index (χ1v) is 13.4. The Labute approximate surface area is 235 Å². The third-order valence-corrected chi connectivity index (χ3v) is 7.69. The molecule has 0 aliphatic carbocycles. The van der Waals surface area contributed by atoms with Gasteiger partial charge in [-0.15, -0.1) is 5.10 Å². The number of rotatable bonds is 5. The maximum absolute atomic E-state index is 6.53. The van der Waals surface area contributed by atoms with Crippen molar-refractivity contribution in [3.05, 3.63) is 132 Å². The monoisotopic (exact) mass is 536 g/mol. The van der Waals surface area contributed by atoms with Crippen molar-refractivity contribution >= 4 is 27.2 Å². The van der Waals surface area contributed by atoms with Crippen LogP contribution in [0.15, 0.2) is 109 Å². The Kier molecular flexibility index (Phi) is 5.35. The highest BCUT2D eigenvalue weighted by atomic mass is 16.5. The molecule has 0 N–H and O–H groups in total. The van der Waals surface area contributed by atoms with Crippen molar-refractivity contribution in [2.75, 3.05) is 7.11 Å². The van der Waals surface area contributed by atoms with Crippen LogP contribution >= 0.6 is 0 Å². The maximum Gasteiger partial charge on any atom is 0.228 e. The third-order valence-electron chi connectivity index (χ3n) is 7.69. The van der Waals surface area contributed by atoms with E-state index in [9.17, 15) is 0 Å². The molecule has 1 aliphatic heterocycles. The smallest absolute Gasteiger partial charge is 0.228 e. The molecule has 8 rings (SSSR count). The molecule has 0 amide bonds. The number of benzene rings is 5. The average molecular weight is 537 g/mol. The highest BCUT2D eigenvalue weighted by Crippen LogP contribution is 2.50. The Balaban J connectivity index is 1.25. The lowest BCUT2D eigenvalue weighted by Crippen LogP contribution is -2.15. The number of aromatic nitrogens is 4. The van der Waals surface area contributed by atoms with Crippen molar-refractivity contribution in [1.82, 2.24) is 19.6 Å². The minimum Gasteiger partial charge on any atom is -0.497 e. The molecule has 198 valence electrons. The highest BCUT2D eigenvalue weighted by Gasteiger charge is 2.34. The molecule has 41 heavy (non-hydrogen) atoms. The van der Waals surface area contributed by atoms with E-state index in [0.717, 1.165) is 55.5 Å². The molecule has 7 heteroatoms. The van der Waals surface area contributed by atoms with Gasteiger partial charge in [0, 0.05) is 22.3 Å². The molecule has 5 aromatic carbocycles. The zero-order chi connectivity index (χ0) is 27.3. The molecular weight excluding hydrogens is 512 g/mol. The van der Waals surface area contributed by atoms with Crippen LogP contribution in [0, 0.1) is 0 Å². The molecule has 1 aliphatic rings. The Morgan fingerprint density at radius 1 is 0.805 bits per heavy atom. The summed E-state index contributed by atoms with van der Waals surface area (Å²) in [4.78, 5) is 9.66. The summed E-state index contributed by atoms with van der Waals surface area (Å²) in [5.74, 6) is 3.32. The van der Waals surface area contributed by atoms with Crippen molar-refractivity contribution in [1.29, 1.82) is 0 Å². The summed E-state index contributed by atoms with van der Waals surface area (Å²) in [7, 11) is 1.67. The van der Waals surface area contributed by atoms with Crippen LogP contribution in [0.25, 0.3) is 27.2 Å². The minimum atomic E-state index is -0.170. The number of methoxy groups -OCH3 is 1. The van der Waals surface area contributed by atoms with Crippen LogP contribution < -0.4 is 14.2 Å². The van der Waals surface area contributed by atoms with E-state index in [0.29, 0.717) is 17.4 Å². The summed E-state index contributed by atoms with van der Waals surface area (Å²) < 4.78 is 19.9. The quantitative estimate of drug-likeness (QED) is 0.230. The van der Waals surface area contributed by atoms with Crippen LogP contribution in [0.4, 0.5) is 0 Å². The van der Waals surface area contributed by atoms with E-state index < -0.39 is 0 Å². The standard InChI is InChI=1S/C34H24N4O3/c1-39-24-16-13-23(14-17-24)30-27-18-15-22-8-3-5-11-26(22)32(27)41-34-31(30)33-36-29(37-38(33)20-35-34)19-40-28-12-6-9-21-7-2-4-10-25(21)28/h2-18,20,30H,19H2,1H3/t30-/m0/s1. The van der Waals surface area contributed by atoms with E-state index in [1.807, 2.05) is 48.5 Å². The summed E-state index contributed by atoms with van der Waals surface area (Å²) in [5, 5.41) is 9.05. The molecule has 7 nitrogen and oxygen atoms in total. The summed E-state index contributed by atoms with van der Waals surface area (Å²) in [6, 6.07) is 34.8. The molecule has 0 bridgehead atoms. The van der Waals surface area contributed by atoms with Gasteiger partial charge in [-0.2, -0.15) is 0 Å². The van der Waals surface area contributed by atoms with Gasteiger partial charge in [0.25, 0.3) is 0 Å². The molecule has 2 aromatic heterocycles. The van der Waals surface area contributed by atoms with E-state index in [4.69, 9.17) is 29.3 Å². The first kappa shape index (κ1) is 23.5. The number of hydrogen-bond acceptors (Lipinski definition) is 6. The van der Waals surface area contributed by atoms with Gasteiger partial charge in [-0.25, -0.2) is 14.5 Å². The average Bonchev–Trinajstić information content (AvgIpc) is 3.46. The van der Waals surface area contributed by atoms with Crippen molar-refractivity contribution in [2.45, 2.75) is 12.5 Å². The molecule has 3 heterocycles. The van der Waals surface area contributed by atoms with E-state index in [-0.39, 0.29) is 12.5 Å². The molecule has 7 aromatic rings. The van der Waals surface area contributed by atoms with Gasteiger partial charge in [-0.05, 0) is 34.5 Å². The zero-order valence-corrected chi connectivity index (χ0v) is 22.2. The molecule has 0 radical (unpaired) electrons. The van der Waals surface area contributed by atoms with Crippen LogP contribution in [0.1, 0.15) is 28.4 Å². The lowest BCUT2D eigenvalue weighted by atomic mass is 9.83. The van der Waals surface area contributed by atoms with Gasteiger partial charge in [0.2, 0.25) is 5.88 Å². The SMILES string of the molecule is COc1ccc([C@H]2c3ccc4ccccc4c3Oc3ncn4nc(COc5cccc6ccccc56)nc4c32)cc1. The topological polar surface area (TPSA) is 70.8 Å². The minimum absolute atomic E-state index is 0.170. The van der Waals surface area contributed by atoms with Crippen LogP contribution in [-0.2, 0) is 6.61 Å². The first-order valence-electron chi connectivity index (χ1n) is 13.4. The molecule has 0 saturated heterocycles. The van der Waals surface area contributed by atoms with Crippen LogP contribution in [-0.4, -0.2) is 26.7 Å². The Bertz CT molecular complexity index is 2080. The van der Waals surface area contributed by atoms with Crippen LogP contribution in [0.3, 0.4) is 0 Å². The molecule has 1 atom stereocenters. The third kappa shape index (κ3) is 3.85. The zero-order valence-electron chi connectivity index (χ0n) is 22.2. The van der Waals surface area contributed by atoms with Gasteiger partial charge < -0.3 is 14.2 Å². The van der Waals surface area contributed by atoms with Crippen molar-refractivity contribution in [2.24, 2.45) is 0 Å². The second kappa shape index (κ2) is 9.34. The number of hydrogen-bond donors (Lipinski definition) is 0. The first-order chi connectivity index (χ1) is 20.3. The van der Waals surface area contributed by atoms with Crippen molar-refractivity contribution in [3.63, 3.8) is 0 Å². The van der Waals surface area contributed by atoms with Gasteiger partial charge in [0.15, 0.2) is 11.5 Å². The summed E-state index contributed by atoms with van der Waals surface area (Å²) in [5.41, 5.74) is 3.68. The fourth-order valence-electron chi connectivity index (χ4n) is 5.76. The fraction of sp³-hybridized carbons (Fsp3) is 0.0882. The normalized spacial score (nSPS) is 14.0. The van der Waals surface area contributed by atoms with Crippen LogP contribution in [0.2, 0.25) is 0 Å². The summed E-state index contributed by atoms with van der Waals surface area (Å²) in [6.45, 7) is 0.222. The van der Waals surface area contributed by atoms with E-state index in [2.05, 4.69) is 54.6 Å².